The number of hydrogen-bond donors (Lipinski definition) is 1. The minimum atomic E-state index is -0.622. The van der Waals surface area contributed by atoms with E-state index in [2.05, 4.69) is 48.3 Å². The molecular weight excluding hydrogens is 538 g/mol. The van der Waals surface area contributed by atoms with Gasteiger partial charge in [0.25, 0.3) is 5.91 Å². The van der Waals surface area contributed by atoms with Crippen molar-refractivity contribution in [2.75, 3.05) is 43.7 Å². The minimum Gasteiger partial charge on any atom is -0.497 e. The third kappa shape index (κ3) is 6.36. The molecule has 0 aromatic heterocycles. The highest BCUT2D eigenvalue weighted by Gasteiger charge is 2.44. The van der Waals surface area contributed by atoms with Crippen molar-refractivity contribution in [3.63, 3.8) is 0 Å². The zero-order chi connectivity index (χ0) is 30.3. The summed E-state index contributed by atoms with van der Waals surface area (Å²) in [4.78, 5) is 32.3. The smallest absolute Gasteiger partial charge is 0.259 e. The van der Waals surface area contributed by atoms with E-state index in [1.54, 1.807) is 25.2 Å². The maximum Gasteiger partial charge on any atom is 0.259 e. The van der Waals surface area contributed by atoms with E-state index in [1.165, 1.54) is 11.3 Å². The lowest BCUT2D eigenvalue weighted by Crippen LogP contribution is -2.48. The molecule has 1 N–H and O–H groups in total. The Labute approximate surface area is 254 Å². The molecule has 2 atom stereocenters. The quantitative estimate of drug-likeness (QED) is 0.205. The van der Waals surface area contributed by atoms with Gasteiger partial charge in [-0.1, -0.05) is 42.5 Å². The fourth-order valence-corrected chi connectivity index (χ4v) is 5.87. The predicted octanol–water partition coefficient (Wildman–Crippen LogP) is 6.53. The molecule has 5 rings (SSSR count). The first-order chi connectivity index (χ1) is 20.9. The Kier molecular flexibility index (Phi) is 9.30. The first-order valence-electron chi connectivity index (χ1n) is 14.7. The molecule has 4 aromatic rings. The van der Waals surface area contributed by atoms with Gasteiger partial charge in [-0.05, 0) is 91.6 Å². The number of amides is 2. The Hall–Kier alpha value is -4.78. The van der Waals surface area contributed by atoms with Gasteiger partial charge in [0.1, 0.15) is 11.5 Å². The van der Waals surface area contributed by atoms with Crippen LogP contribution in [-0.4, -0.2) is 45.7 Å². The monoisotopic (exact) mass is 577 g/mol. The van der Waals surface area contributed by atoms with Gasteiger partial charge >= 0.3 is 0 Å². The molecule has 0 spiro atoms. The second kappa shape index (κ2) is 13.5. The SMILES string of the molecule is CCN(CCCNC(=O)[C@@H]1c2ccccc2C(=O)N(c2ccc(OC)cc2)[C@@H]1c1ccc(OC)cc1)c1cccc(C)c1. The highest BCUT2D eigenvalue weighted by Crippen LogP contribution is 2.45. The van der Waals surface area contributed by atoms with Crippen molar-refractivity contribution in [3.8, 4) is 11.5 Å². The van der Waals surface area contributed by atoms with Crippen molar-refractivity contribution < 1.29 is 19.1 Å². The van der Waals surface area contributed by atoms with Gasteiger partial charge in [-0.3, -0.25) is 14.5 Å². The maximum absolute atomic E-state index is 14.2. The van der Waals surface area contributed by atoms with E-state index in [9.17, 15) is 9.59 Å². The molecule has 7 heteroatoms. The standard InChI is InChI=1S/C36H39N3O4/c1-5-38(28-11-8-10-25(2)24-28)23-9-22-37-35(40)33-31-12-6-7-13-32(31)36(41)39(27-16-20-30(43-4)21-17-27)34(33)26-14-18-29(42-3)19-15-26/h6-8,10-21,24,33-34H,5,9,22-23H2,1-4H3,(H,37,40)/t33-,34-/m1/s1. The summed E-state index contributed by atoms with van der Waals surface area (Å²) in [5.74, 6) is 0.511. The third-order valence-electron chi connectivity index (χ3n) is 8.08. The number of fused-ring (bicyclic) bond motifs is 1. The zero-order valence-corrected chi connectivity index (χ0v) is 25.2. The number of benzene rings is 4. The second-order valence-corrected chi connectivity index (χ2v) is 10.7. The van der Waals surface area contributed by atoms with Crippen LogP contribution in [-0.2, 0) is 4.79 Å². The summed E-state index contributed by atoms with van der Waals surface area (Å²) in [6.07, 6.45) is 0.788. The van der Waals surface area contributed by atoms with Crippen LogP contribution < -0.4 is 24.6 Å². The average Bonchev–Trinajstić information content (AvgIpc) is 3.04. The molecule has 0 fully saturated rings. The van der Waals surface area contributed by atoms with E-state index in [0.717, 1.165) is 30.6 Å². The van der Waals surface area contributed by atoms with E-state index in [4.69, 9.17) is 9.47 Å². The highest BCUT2D eigenvalue weighted by atomic mass is 16.5. The zero-order valence-electron chi connectivity index (χ0n) is 25.2. The summed E-state index contributed by atoms with van der Waals surface area (Å²) < 4.78 is 10.8. The molecule has 0 saturated heterocycles. The summed E-state index contributed by atoms with van der Waals surface area (Å²) in [5.41, 5.74) is 5.20. The summed E-state index contributed by atoms with van der Waals surface area (Å²) in [7, 11) is 3.23. The molecule has 0 bridgehead atoms. The number of nitrogens with one attached hydrogen (secondary N) is 1. The van der Waals surface area contributed by atoms with Gasteiger partial charge in [-0.2, -0.15) is 0 Å². The normalized spacial score (nSPS) is 15.9. The van der Waals surface area contributed by atoms with E-state index >= 15 is 0 Å². The number of carbonyl (C=O) groups is 2. The number of ether oxygens (including phenoxy) is 2. The summed E-state index contributed by atoms with van der Waals surface area (Å²) >= 11 is 0. The Bertz CT molecular complexity index is 1550. The molecule has 0 unspecified atom stereocenters. The van der Waals surface area contributed by atoms with Crippen LogP contribution in [0.4, 0.5) is 11.4 Å². The number of rotatable bonds is 11. The van der Waals surface area contributed by atoms with E-state index in [1.807, 2.05) is 66.7 Å². The summed E-state index contributed by atoms with van der Waals surface area (Å²) in [6, 6.07) is 30.3. The number of aryl methyl sites for hydroxylation is 1. The number of anilines is 2. The van der Waals surface area contributed by atoms with Gasteiger partial charge in [0, 0.05) is 36.6 Å². The maximum atomic E-state index is 14.2. The lowest BCUT2D eigenvalue weighted by Gasteiger charge is -2.42. The van der Waals surface area contributed by atoms with Crippen LogP contribution in [0.5, 0.6) is 11.5 Å². The lowest BCUT2D eigenvalue weighted by molar-refractivity contribution is -0.123. The van der Waals surface area contributed by atoms with E-state index in [0.29, 0.717) is 29.3 Å². The second-order valence-electron chi connectivity index (χ2n) is 10.7. The van der Waals surface area contributed by atoms with Gasteiger partial charge in [-0.25, -0.2) is 0 Å². The summed E-state index contributed by atoms with van der Waals surface area (Å²) in [5, 5.41) is 3.21. The van der Waals surface area contributed by atoms with Crippen LogP contribution in [0.15, 0.2) is 97.1 Å². The Balaban J connectivity index is 1.46. The van der Waals surface area contributed by atoms with Gasteiger partial charge in [0.2, 0.25) is 5.91 Å². The predicted molar refractivity (Wildman–Crippen MR) is 171 cm³/mol. The molecule has 1 aliphatic heterocycles. The molecular formula is C36H39N3O4. The Morgan fingerprint density at radius 3 is 2.21 bits per heavy atom. The van der Waals surface area contributed by atoms with Gasteiger partial charge in [0.15, 0.2) is 0 Å². The molecule has 1 aliphatic rings. The van der Waals surface area contributed by atoms with E-state index < -0.39 is 12.0 Å². The van der Waals surface area contributed by atoms with Crippen LogP contribution in [0, 0.1) is 6.92 Å². The summed E-state index contributed by atoms with van der Waals surface area (Å²) in [6.45, 7) is 6.46. The molecule has 1 heterocycles. The van der Waals surface area contributed by atoms with Crippen molar-refractivity contribution >= 4 is 23.2 Å². The Morgan fingerprint density at radius 2 is 1.56 bits per heavy atom. The van der Waals surface area contributed by atoms with E-state index in [-0.39, 0.29) is 11.8 Å². The van der Waals surface area contributed by atoms with Crippen LogP contribution in [0.2, 0.25) is 0 Å². The number of methoxy groups -OCH3 is 2. The van der Waals surface area contributed by atoms with Gasteiger partial charge in [0.05, 0.1) is 26.2 Å². The largest absolute Gasteiger partial charge is 0.497 e. The highest BCUT2D eigenvalue weighted by molar-refractivity contribution is 6.11. The minimum absolute atomic E-state index is 0.113. The molecule has 0 saturated carbocycles. The van der Waals surface area contributed by atoms with Crippen molar-refractivity contribution in [3.05, 3.63) is 119 Å². The molecule has 4 aromatic carbocycles. The molecule has 7 nitrogen and oxygen atoms in total. The topological polar surface area (TPSA) is 71.1 Å². The third-order valence-corrected chi connectivity index (χ3v) is 8.08. The van der Waals surface area contributed by atoms with Crippen molar-refractivity contribution in [1.82, 2.24) is 5.32 Å². The van der Waals surface area contributed by atoms with Crippen molar-refractivity contribution in [2.24, 2.45) is 0 Å². The molecule has 43 heavy (non-hydrogen) atoms. The number of carbonyl (C=O) groups excluding carboxylic acids is 2. The van der Waals surface area contributed by atoms with Gasteiger partial charge in [-0.15, -0.1) is 0 Å². The van der Waals surface area contributed by atoms with Crippen LogP contribution in [0.1, 0.15) is 52.4 Å². The fourth-order valence-electron chi connectivity index (χ4n) is 5.87. The fraction of sp³-hybridized carbons (Fsp3) is 0.278. The van der Waals surface area contributed by atoms with Crippen molar-refractivity contribution in [2.45, 2.75) is 32.2 Å². The first-order valence-corrected chi connectivity index (χ1v) is 14.7. The molecule has 222 valence electrons. The molecule has 2 amide bonds. The Morgan fingerprint density at radius 1 is 0.884 bits per heavy atom. The number of nitrogens with zero attached hydrogens (tertiary/aromatic N) is 2. The molecule has 0 radical (unpaired) electrons. The van der Waals surface area contributed by atoms with Gasteiger partial charge < -0.3 is 19.7 Å². The van der Waals surface area contributed by atoms with Crippen LogP contribution >= 0.6 is 0 Å². The number of hydrogen-bond acceptors (Lipinski definition) is 5. The lowest BCUT2D eigenvalue weighted by atomic mass is 9.78. The van der Waals surface area contributed by atoms with Crippen LogP contribution in [0.25, 0.3) is 0 Å². The molecule has 0 aliphatic carbocycles. The van der Waals surface area contributed by atoms with Crippen molar-refractivity contribution in [1.29, 1.82) is 0 Å². The van der Waals surface area contributed by atoms with Crippen LogP contribution in [0.3, 0.4) is 0 Å². The first kappa shape index (κ1) is 29.7. The average molecular weight is 578 g/mol.